The first-order valence-electron chi connectivity index (χ1n) is 10.1. The molecule has 0 bridgehead atoms. The number of pyridine rings is 1. The lowest BCUT2D eigenvalue weighted by Gasteiger charge is -2.07. The van der Waals surface area contributed by atoms with E-state index >= 15 is 0 Å². The Balaban J connectivity index is 1.71. The summed E-state index contributed by atoms with van der Waals surface area (Å²) in [6, 6.07) is 3.71. The number of anilines is 1. The van der Waals surface area contributed by atoms with E-state index in [2.05, 4.69) is 32.2 Å². The topological polar surface area (TPSA) is 80.7 Å². The van der Waals surface area contributed by atoms with Gasteiger partial charge in [0.05, 0.1) is 0 Å². The minimum absolute atomic E-state index is 0.0410. The zero-order valence-corrected chi connectivity index (χ0v) is 16.6. The van der Waals surface area contributed by atoms with Gasteiger partial charge in [-0.3, -0.25) is 15.1 Å². The van der Waals surface area contributed by atoms with Gasteiger partial charge < -0.3 is 0 Å². The maximum absolute atomic E-state index is 12.2. The second-order valence-electron chi connectivity index (χ2n) is 6.90. The zero-order valence-electron chi connectivity index (χ0n) is 16.6. The molecular weight excluding hydrogens is 338 g/mol. The van der Waals surface area contributed by atoms with Crippen LogP contribution in [0.25, 0.3) is 11.4 Å². The van der Waals surface area contributed by atoms with E-state index in [9.17, 15) is 4.79 Å². The molecule has 0 aliphatic carbocycles. The zero-order chi connectivity index (χ0) is 19.3. The Morgan fingerprint density at radius 1 is 0.963 bits per heavy atom. The van der Waals surface area contributed by atoms with Gasteiger partial charge in [-0.25, -0.2) is 4.98 Å². The van der Waals surface area contributed by atoms with Crippen LogP contribution in [0.2, 0.25) is 0 Å². The Morgan fingerprint density at radius 2 is 1.67 bits per heavy atom. The summed E-state index contributed by atoms with van der Waals surface area (Å²) in [5.41, 5.74) is 0.803. The molecule has 0 radical (unpaired) electrons. The first-order chi connectivity index (χ1) is 13.2. The summed E-state index contributed by atoms with van der Waals surface area (Å²) in [5.74, 6) is 1.36. The lowest BCUT2D eigenvalue weighted by atomic mass is 10.1. The number of unbranched alkanes of at least 4 members (excludes halogenated alkanes) is 8. The Bertz CT molecular complexity index is 690. The lowest BCUT2D eigenvalue weighted by Crippen LogP contribution is -2.15. The molecule has 27 heavy (non-hydrogen) atoms. The third-order valence-electron chi connectivity index (χ3n) is 4.43. The van der Waals surface area contributed by atoms with Gasteiger partial charge in [-0.15, -0.1) is 0 Å². The number of nitrogens with one attached hydrogen (secondary N) is 1. The highest BCUT2D eigenvalue weighted by molar-refractivity contribution is 5.89. The van der Waals surface area contributed by atoms with E-state index in [0.717, 1.165) is 18.4 Å². The fourth-order valence-electron chi connectivity index (χ4n) is 2.95. The average Bonchev–Trinajstić information content (AvgIpc) is 2.67. The molecule has 6 nitrogen and oxygen atoms in total. The van der Waals surface area contributed by atoms with E-state index in [1.54, 1.807) is 19.3 Å². The number of amides is 1. The molecule has 146 valence electrons. The predicted molar refractivity (Wildman–Crippen MR) is 108 cm³/mol. The molecule has 0 fully saturated rings. The lowest BCUT2D eigenvalue weighted by molar-refractivity contribution is -0.116. The van der Waals surface area contributed by atoms with Gasteiger partial charge in [0.15, 0.2) is 5.82 Å². The molecule has 1 N–H and O–H groups in total. The third kappa shape index (κ3) is 8.24. The molecule has 2 rings (SSSR count). The SMILES string of the molecule is CCCCCCCCCCCC(=O)Nc1nc(C)nc(-c2cccnc2)n1. The molecule has 0 aliphatic heterocycles. The van der Waals surface area contributed by atoms with E-state index in [-0.39, 0.29) is 5.91 Å². The Labute approximate surface area is 162 Å². The van der Waals surface area contributed by atoms with E-state index in [1.807, 2.05) is 12.1 Å². The molecule has 0 aromatic carbocycles. The van der Waals surface area contributed by atoms with Crippen molar-refractivity contribution in [1.29, 1.82) is 0 Å². The van der Waals surface area contributed by atoms with Crippen LogP contribution in [0.4, 0.5) is 5.95 Å². The highest BCUT2D eigenvalue weighted by Gasteiger charge is 2.09. The second kappa shape index (κ2) is 12.1. The molecule has 0 atom stereocenters. The van der Waals surface area contributed by atoms with E-state index in [4.69, 9.17) is 0 Å². The third-order valence-corrected chi connectivity index (χ3v) is 4.43. The Kier molecular flexibility index (Phi) is 9.38. The fourth-order valence-corrected chi connectivity index (χ4v) is 2.95. The van der Waals surface area contributed by atoms with Crippen molar-refractivity contribution in [3.63, 3.8) is 0 Å². The number of nitrogens with zero attached hydrogens (tertiary/aromatic N) is 4. The van der Waals surface area contributed by atoms with Crippen molar-refractivity contribution in [2.24, 2.45) is 0 Å². The summed E-state index contributed by atoms with van der Waals surface area (Å²) < 4.78 is 0. The summed E-state index contributed by atoms with van der Waals surface area (Å²) in [5, 5.41) is 2.80. The number of rotatable bonds is 12. The highest BCUT2D eigenvalue weighted by atomic mass is 16.1. The van der Waals surface area contributed by atoms with Crippen LogP contribution in [0, 0.1) is 6.92 Å². The minimum atomic E-state index is -0.0410. The molecule has 0 unspecified atom stereocenters. The summed E-state index contributed by atoms with van der Waals surface area (Å²) in [6.07, 6.45) is 15.0. The molecule has 2 aromatic rings. The largest absolute Gasteiger partial charge is 0.294 e. The van der Waals surface area contributed by atoms with Crippen LogP contribution < -0.4 is 5.32 Å². The van der Waals surface area contributed by atoms with Crippen molar-refractivity contribution in [2.45, 2.75) is 78.1 Å². The molecular formula is C21H31N5O. The van der Waals surface area contributed by atoms with Crippen LogP contribution in [-0.2, 0) is 4.79 Å². The first-order valence-corrected chi connectivity index (χ1v) is 10.1. The van der Waals surface area contributed by atoms with Crippen molar-refractivity contribution in [2.75, 3.05) is 5.32 Å². The van der Waals surface area contributed by atoms with E-state index in [0.29, 0.717) is 24.0 Å². The molecule has 0 spiro atoms. The average molecular weight is 370 g/mol. The number of hydrogen-bond donors (Lipinski definition) is 1. The van der Waals surface area contributed by atoms with Gasteiger partial charge in [-0.1, -0.05) is 58.3 Å². The van der Waals surface area contributed by atoms with E-state index in [1.165, 1.54) is 44.9 Å². The van der Waals surface area contributed by atoms with Crippen LogP contribution in [0.3, 0.4) is 0 Å². The Morgan fingerprint density at radius 3 is 2.33 bits per heavy atom. The van der Waals surface area contributed by atoms with E-state index < -0.39 is 0 Å². The molecule has 2 heterocycles. The fraction of sp³-hybridized carbons (Fsp3) is 0.571. The van der Waals surface area contributed by atoms with Crippen molar-refractivity contribution in [3.05, 3.63) is 30.4 Å². The number of hydrogen-bond acceptors (Lipinski definition) is 5. The number of carbonyl (C=O) groups is 1. The van der Waals surface area contributed by atoms with Gasteiger partial charge in [-0.2, -0.15) is 9.97 Å². The number of aromatic nitrogens is 4. The first kappa shape index (κ1) is 20.9. The molecule has 2 aromatic heterocycles. The van der Waals surface area contributed by atoms with Crippen molar-refractivity contribution >= 4 is 11.9 Å². The van der Waals surface area contributed by atoms with Gasteiger partial charge in [0, 0.05) is 24.4 Å². The molecule has 1 amide bonds. The van der Waals surface area contributed by atoms with Gasteiger partial charge in [-0.05, 0) is 25.5 Å². The standard InChI is InChI=1S/C21H31N5O/c1-3-4-5-6-7-8-9-10-11-14-19(27)25-21-24-17(2)23-20(26-21)18-13-12-15-22-16-18/h12-13,15-16H,3-11,14H2,1-2H3,(H,23,24,25,26,27). The summed E-state index contributed by atoms with van der Waals surface area (Å²) in [7, 11) is 0. The quantitative estimate of drug-likeness (QED) is 0.526. The van der Waals surface area contributed by atoms with Crippen molar-refractivity contribution < 1.29 is 4.79 Å². The van der Waals surface area contributed by atoms with Gasteiger partial charge in [0.1, 0.15) is 5.82 Å². The molecule has 0 aliphatic rings. The smallest absolute Gasteiger partial charge is 0.233 e. The van der Waals surface area contributed by atoms with Crippen LogP contribution in [0.1, 0.15) is 77.0 Å². The normalized spacial score (nSPS) is 10.7. The number of carbonyl (C=O) groups excluding carboxylic acids is 1. The molecule has 6 heteroatoms. The summed E-state index contributed by atoms with van der Waals surface area (Å²) >= 11 is 0. The minimum Gasteiger partial charge on any atom is -0.294 e. The maximum Gasteiger partial charge on any atom is 0.233 e. The van der Waals surface area contributed by atoms with Crippen molar-refractivity contribution in [3.8, 4) is 11.4 Å². The van der Waals surface area contributed by atoms with Crippen LogP contribution in [0.5, 0.6) is 0 Å². The Hall–Kier alpha value is -2.37. The van der Waals surface area contributed by atoms with Gasteiger partial charge in [0.25, 0.3) is 0 Å². The number of aryl methyl sites for hydroxylation is 1. The highest BCUT2D eigenvalue weighted by Crippen LogP contribution is 2.15. The van der Waals surface area contributed by atoms with Gasteiger partial charge >= 0.3 is 0 Å². The van der Waals surface area contributed by atoms with Crippen LogP contribution in [0.15, 0.2) is 24.5 Å². The van der Waals surface area contributed by atoms with Crippen LogP contribution in [-0.4, -0.2) is 25.8 Å². The predicted octanol–water partition coefficient (Wildman–Crippen LogP) is 5.10. The van der Waals surface area contributed by atoms with Crippen molar-refractivity contribution in [1.82, 2.24) is 19.9 Å². The summed E-state index contributed by atoms with van der Waals surface area (Å²) in [6.45, 7) is 4.03. The summed E-state index contributed by atoms with van der Waals surface area (Å²) in [4.78, 5) is 29.1. The monoisotopic (exact) mass is 369 g/mol. The second-order valence-corrected chi connectivity index (χ2v) is 6.90. The molecule has 0 saturated carbocycles. The molecule has 0 saturated heterocycles. The van der Waals surface area contributed by atoms with Gasteiger partial charge in [0.2, 0.25) is 11.9 Å². The van der Waals surface area contributed by atoms with Crippen LogP contribution >= 0.6 is 0 Å². The maximum atomic E-state index is 12.2.